The van der Waals surface area contributed by atoms with Crippen molar-refractivity contribution in [3.8, 4) is 17.1 Å². The van der Waals surface area contributed by atoms with E-state index in [2.05, 4.69) is 6.07 Å². The Labute approximate surface area is 178 Å². The maximum absolute atomic E-state index is 12.6. The maximum atomic E-state index is 12.6. The molecule has 0 radical (unpaired) electrons. The van der Waals surface area contributed by atoms with Crippen LogP contribution in [0.3, 0.4) is 0 Å². The number of pyridine rings is 1. The van der Waals surface area contributed by atoms with Crippen molar-refractivity contribution in [1.82, 2.24) is 4.57 Å². The Bertz CT molecular complexity index is 1200. The van der Waals surface area contributed by atoms with Gasteiger partial charge in [0.05, 0.1) is 13.2 Å². The van der Waals surface area contributed by atoms with E-state index in [0.29, 0.717) is 36.7 Å². The number of nitrogens with zero attached hydrogens (tertiary/aromatic N) is 1. The number of aromatic nitrogens is 1. The summed E-state index contributed by atoms with van der Waals surface area (Å²) >= 11 is 1.70. The van der Waals surface area contributed by atoms with Crippen LogP contribution in [-0.4, -0.2) is 17.5 Å². The number of hydrogen-bond acceptors (Lipinski definition) is 5. The van der Waals surface area contributed by atoms with Crippen LogP contribution in [0.15, 0.2) is 75.4 Å². The lowest BCUT2D eigenvalue weighted by Gasteiger charge is -2.12. The molecule has 3 heterocycles. The molecule has 0 fully saturated rings. The van der Waals surface area contributed by atoms with Gasteiger partial charge in [-0.2, -0.15) is 0 Å². The number of carbonyl (C=O) groups is 1. The number of furan rings is 1. The van der Waals surface area contributed by atoms with Crippen LogP contribution in [0.2, 0.25) is 0 Å². The van der Waals surface area contributed by atoms with Gasteiger partial charge in [0.2, 0.25) is 0 Å². The van der Waals surface area contributed by atoms with Crippen molar-refractivity contribution in [3.05, 3.63) is 98.3 Å². The largest absolute Gasteiger partial charge is 0.493 e. The van der Waals surface area contributed by atoms with Crippen LogP contribution < -0.4 is 10.3 Å². The third kappa shape index (κ3) is 4.44. The van der Waals surface area contributed by atoms with E-state index in [4.69, 9.17) is 9.15 Å². The molecule has 0 saturated heterocycles. The van der Waals surface area contributed by atoms with Crippen molar-refractivity contribution in [2.75, 3.05) is 6.61 Å². The molecule has 0 aliphatic rings. The normalized spacial score (nSPS) is 10.8. The van der Waals surface area contributed by atoms with Gasteiger partial charge in [0.1, 0.15) is 11.5 Å². The number of aldehydes is 1. The second-order valence-corrected chi connectivity index (χ2v) is 7.95. The molecule has 0 amide bonds. The van der Waals surface area contributed by atoms with Crippen molar-refractivity contribution in [2.45, 2.75) is 19.9 Å². The molecule has 0 bridgehead atoms. The van der Waals surface area contributed by atoms with E-state index in [1.165, 1.54) is 10.9 Å². The van der Waals surface area contributed by atoms with Crippen LogP contribution in [0, 0.1) is 6.92 Å². The van der Waals surface area contributed by atoms with Gasteiger partial charge in [-0.05, 0) is 47.7 Å². The molecule has 0 N–H and O–H groups in total. The average Bonchev–Trinajstić information content (AvgIpc) is 3.43. The number of thiophene rings is 1. The zero-order chi connectivity index (χ0) is 20.9. The summed E-state index contributed by atoms with van der Waals surface area (Å²) in [6, 6.07) is 16.7. The van der Waals surface area contributed by atoms with Crippen LogP contribution in [-0.2, 0) is 13.0 Å². The molecule has 0 spiro atoms. The number of ether oxygens (including phenoxy) is 1. The first kappa shape index (κ1) is 19.9. The molecular formula is C24H21NO4S. The third-order valence-electron chi connectivity index (χ3n) is 4.96. The molecule has 0 unspecified atom stereocenters. The molecule has 6 heteroatoms. The van der Waals surface area contributed by atoms with E-state index >= 15 is 0 Å². The number of hydrogen-bond donors (Lipinski definition) is 0. The monoisotopic (exact) mass is 419 g/mol. The Morgan fingerprint density at radius 1 is 1.13 bits per heavy atom. The van der Waals surface area contributed by atoms with Gasteiger partial charge in [0.25, 0.3) is 5.56 Å². The second-order valence-electron chi connectivity index (χ2n) is 6.92. The summed E-state index contributed by atoms with van der Waals surface area (Å²) in [5.74, 6) is 1.51. The minimum Gasteiger partial charge on any atom is -0.493 e. The van der Waals surface area contributed by atoms with Gasteiger partial charge in [-0.15, -0.1) is 11.3 Å². The maximum Gasteiger partial charge on any atom is 0.254 e. The van der Waals surface area contributed by atoms with Gasteiger partial charge in [0.15, 0.2) is 12.0 Å². The molecule has 152 valence electrons. The van der Waals surface area contributed by atoms with Crippen LogP contribution in [0.5, 0.6) is 5.75 Å². The minimum atomic E-state index is -0.116. The topological polar surface area (TPSA) is 61.4 Å². The standard InChI is InChI=1S/C24H21NO4S/c1-17-18(4-2-6-22(17)23-8-7-20(16-26)29-23)15-25-11-9-19(14-24(25)27)28-12-10-21-5-3-13-30-21/h2-9,11,13-14,16H,10,12,15H2,1H3. The molecule has 0 aliphatic heterocycles. The van der Waals surface area contributed by atoms with E-state index in [1.54, 1.807) is 34.2 Å². The summed E-state index contributed by atoms with van der Waals surface area (Å²) in [6.45, 7) is 2.97. The van der Waals surface area contributed by atoms with Crippen molar-refractivity contribution in [3.63, 3.8) is 0 Å². The van der Waals surface area contributed by atoms with Crippen molar-refractivity contribution >= 4 is 17.6 Å². The third-order valence-corrected chi connectivity index (χ3v) is 5.90. The molecule has 0 saturated carbocycles. The molecule has 30 heavy (non-hydrogen) atoms. The summed E-state index contributed by atoms with van der Waals surface area (Å²) in [6.07, 6.45) is 3.27. The molecular weight excluding hydrogens is 398 g/mol. The highest BCUT2D eigenvalue weighted by atomic mass is 32.1. The van der Waals surface area contributed by atoms with Gasteiger partial charge < -0.3 is 13.7 Å². The van der Waals surface area contributed by atoms with Crippen LogP contribution in [0.1, 0.15) is 26.6 Å². The first-order chi connectivity index (χ1) is 14.6. The lowest BCUT2D eigenvalue weighted by atomic mass is 10.0. The average molecular weight is 420 g/mol. The fraction of sp³-hybridized carbons (Fsp3) is 0.167. The van der Waals surface area contributed by atoms with E-state index in [0.717, 1.165) is 23.1 Å². The van der Waals surface area contributed by atoms with E-state index in [9.17, 15) is 9.59 Å². The lowest BCUT2D eigenvalue weighted by molar-refractivity contribution is 0.110. The quantitative estimate of drug-likeness (QED) is 0.379. The number of benzene rings is 1. The predicted molar refractivity (Wildman–Crippen MR) is 118 cm³/mol. The molecule has 3 aromatic heterocycles. The van der Waals surface area contributed by atoms with Gasteiger partial charge in [-0.3, -0.25) is 9.59 Å². The highest BCUT2D eigenvalue weighted by Crippen LogP contribution is 2.27. The summed E-state index contributed by atoms with van der Waals surface area (Å²) in [4.78, 5) is 24.7. The highest BCUT2D eigenvalue weighted by molar-refractivity contribution is 7.09. The zero-order valence-corrected chi connectivity index (χ0v) is 17.4. The molecule has 5 nitrogen and oxygen atoms in total. The summed E-state index contributed by atoms with van der Waals surface area (Å²) in [5.41, 5.74) is 2.80. The molecule has 4 aromatic rings. The van der Waals surface area contributed by atoms with Gasteiger partial charge in [0, 0.05) is 29.1 Å². The Hall–Kier alpha value is -3.38. The molecule has 1 aromatic carbocycles. The molecule has 0 aliphatic carbocycles. The van der Waals surface area contributed by atoms with Gasteiger partial charge in [-0.25, -0.2) is 0 Å². The summed E-state index contributed by atoms with van der Waals surface area (Å²) < 4.78 is 12.9. The molecule has 4 rings (SSSR count). The fourth-order valence-corrected chi connectivity index (χ4v) is 3.99. The van der Waals surface area contributed by atoms with E-state index in [1.807, 2.05) is 42.6 Å². The lowest BCUT2D eigenvalue weighted by Crippen LogP contribution is -2.20. The van der Waals surface area contributed by atoms with Crippen molar-refractivity contribution in [2.24, 2.45) is 0 Å². The Balaban J connectivity index is 1.48. The Morgan fingerprint density at radius 3 is 2.77 bits per heavy atom. The first-order valence-electron chi connectivity index (χ1n) is 9.63. The van der Waals surface area contributed by atoms with Crippen LogP contribution in [0.4, 0.5) is 0 Å². The van der Waals surface area contributed by atoms with Gasteiger partial charge in [-0.1, -0.05) is 24.3 Å². The zero-order valence-electron chi connectivity index (χ0n) is 16.5. The first-order valence-corrected chi connectivity index (χ1v) is 10.5. The number of carbonyl (C=O) groups excluding carboxylic acids is 1. The smallest absolute Gasteiger partial charge is 0.254 e. The van der Waals surface area contributed by atoms with Gasteiger partial charge >= 0.3 is 0 Å². The fourth-order valence-electron chi connectivity index (χ4n) is 3.30. The summed E-state index contributed by atoms with van der Waals surface area (Å²) in [5, 5.41) is 2.04. The SMILES string of the molecule is Cc1c(Cn2ccc(OCCc3cccs3)cc2=O)cccc1-c1ccc(C=O)o1. The second kappa shape index (κ2) is 8.97. The number of rotatable bonds is 8. The van der Waals surface area contributed by atoms with E-state index < -0.39 is 0 Å². The summed E-state index contributed by atoms with van der Waals surface area (Å²) in [7, 11) is 0. The Kier molecular flexibility index (Phi) is 5.95. The predicted octanol–water partition coefficient (Wildman–Crippen LogP) is 4.96. The van der Waals surface area contributed by atoms with Crippen LogP contribution in [0.25, 0.3) is 11.3 Å². The van der Waals surface area contributed by atoms with E-state index in [-0.39, 0.29) is 5.56 Å². The van der Waals surface area contributed by atoms with Crippen molar-refractivity contribution in [1.29, 1.82) is 0 Å². The Morgan fingerprint density at radius 2 is 2.03 bits per heavy atom. The van der Waals surface area contributed by atoms with Crippen molar-refractivity contribution < 1.29 is 13.9 Å². The minimum absolute atomic E-state index is 0.116. The van der Waals surface area contributed by atoms with Crippen LogP contribution >= 0.6 is 11.3 Å². The highest BCUT2D eigenvalue weighted by Gasteiger charge is 2.11. The molecule has 0 atom stereocenters.